The molecule has 460 valence electrons. The summed E-state index contributed by atoms with van der Waals surface area (Å²) in [5.74, 6) is -0.528. The van der Waals surface area contributed by atoms with E-state index < -0.39 is 20.0 Å². The Labute approximate surface area is 485 Å². The molecule has 3 atom stereocenters. The monoisotopic (exact) mass is 1120 g/mol. The lowest BCUT2D eigenvalue weighted by atomic mass is 10.0. The van der Waals surface area contributed by atoms with Crippen LogP contribution >= 0.6 is 7.82 Å². The highest BCUT2D eigenvalue weighted by Crippen LogP contribution is 2.38. The zero-order valence-corrected chi connectivity index (χ0v) is 53.5. The summed E-state index contributed by atoms with van der Waals surface area (Å²) in [6.07, 6.45) is 71.1. The van der Waals surface area contributed by atoms with Crippen LogP contribution in [0.15, 0.2) is 36.5 Å². The molecule has 0 saturated carbocycles. The fourth-order valence-corrected chi connectivity index (χ4v) is 10.8. The summed E-state index contributed by atoms with van der Waals surface area (Å²) in [7, 11) is 1.20. The van der Waals surface area contributed by atoms with Gasteiger partial charge in [-0.05, 0) is 63.9 Å². The summed E-state index contributed by atoms with van der Waals surface area (Å²) in [6.45, 7) is 6.87. The van der Waals surface area contributed by atoms with Crippen LogP contribution in [0.3, 0.4) is 0 Å². The number of hydrogen-bond acceptors (Lipinski definition) is 7. The number of hydrogen-bond donors (Lipinski definition) is 1. The molecule has 0 aromatic heterocycles. The molecule has 10 heteroatoms. The van der Waals surface area contributed by atoms with Crippen LogP contribution in [0, 0.1) is 0 Å². The smallest absolute Gasteiger partial charge is 0.306 e. The number of carbonyl (C=O) groups is 2. The highest BCUT2D eigenvalue weighted by Gasteiger charge is 2.27. The van der Waals surface area contributed by atoms with E-state index in [0.29, 0.717) is 17.4 Å². The van der Waals surface area contributed by atoms with Crippen molar-refractivity contribution in [3.63, 3.8) is 0 Å². The minimum atomic E-state index is -4.70. The highest BCUT2D eigenvalue weighted by atomic mass is 31.2. The number of amides is 1. The van der Waals surface area contributed by atoms with Gasteiger partial charge in [0.25, 0.3) is 7.82 Å². The Balaban J connectivity index is 5.13. The molecule has 0 aliphatic rings. The molecule has 0 aliphatic carbocycles. The maximum absolute atomic E-state index is 13.6. The normalized spacial score (nSPS) is 13.8. The Morgan fingerprint density at radius 1 is 0.449 bits per heavy atom. The third-order valence-electron chi connectivity index (χ3n) is 15.3. The number of ether oxygens (including phenoxy) is 1. The second-order valence-corrected chi connectivity index (χ2v) is 25.7. The van der Waals surface area contributed by atoms with E-state index in [-0.39, 0.29) is 31.5 Å². The molecule has 0 spiro atoms. The van der Waals surface area contributed by atoms with Gasteiger partial charge < -0.3 is 28.5 Å². The number of esters is 1. The lowest BCUT2D eigenvalue weighted by Gasteiger charge is -2.30. The second-order valence-electron chi connectivity index (χ2n) is 24.3. The van der Waals surface area contributed by atoms with Crippen LogP contribution in [0.4, 0.5) is 0 Å². The van der Waals surface area contributed by atoms with Crippen LogP contribution in [0.25, 0.3) is 0 Å². The lowest BCUT2D eigenvalue weighted by Crippen LogP contribution is -2.47. The summed E-state index contributed by atoms with van der Waals surface area (Å²) in [6, 6.07) is -0.886. The lowest BCUT2D eigenvalue weighted by molar-refractivity contribution is -0.870. The molecule has 1 N–H and O–H groups in total. The molecule has 0 bridgehead atoms. The molecule has 0 aromatic rings. The molecular weight excluding hydrogens is 988 g/mol. The van der Waals surface area contributed by atoms with Crippen molar-refractivity contribution in [2.75, 3.05) is 40.9 Å². The molecular formula is C68H131N2O7P. The highest BCUT2D eigenvalue weighted by molar-refractivity contribution is 7.45. The van der Waals surface area contributed by atoms with Crippen LogP contribution in [-0.4, -0.2) is 69.4 Å². The first-order valence-corrected chi connectivity index (χ1v) is 35.3. The van der Waals surface area contributed by atoms with Crippen LogP contribution in [0.5, 0.6) is 0 Å². The first kappa shape index (κ1) is 76.2. The minimum Gasteiger partial charge on any atom is -0.756 e. The molecule has 0 radical (unpaired) electrons. The number of nitrogens with zero attached hydrogens (tertiary/aromatic N) is 1. The maximum Gasteiger partial charge on any atom is 0.306 e. The van der Waals surface area contributed by atoms with Gasteiger partial charge >= 0.3 is 5.97 Å². The van der Waals surface area contributed by atoms with Gasteiger partial charge in [-0.2, -0.15) is 0 Å². The molecule has 0 aromatic carbocycles. The Morgan fingerprint density at radius 3 is 1.18 bits per heavy atom. The van der Waals surface area contributed by atoms with Crippen molar-refractivity contribution in [2.24, 2.45) is 0 Å². The van der Waals surface area contributed by atoms with Crippen molar-refractivity contribution in [3.8, 4) is 0 Å². The molecule has 78 heavy (non-hydrogen) atoms. The predicted octanol–water partition coefficient (Wildman–Crippen LogP) is 20.4. The van der Waals surface area contributed by atoms with Crippen LogP contribution in [0.1, 0.15) is 335 Å². The van der Waals surface area contributed by atoms with Crippen molar-refractivity contribution >= 4 is 19.7 Å². The Kier molecular flexibility index (Phi) is 57.1. The minimum absolute atomic E-state index is 0.0203. The summed E-state index contributed by atoms with van der Waals surface area (Å²) >= 11 is 0. The first-order chi connectivity index (χ1) is 37.9. The number of carbonyl (C=O) groups excluding carboxylic acids is 2. The Morgan fingerprint density at radius 2 is 0.782 bits per heavy atom. The molecule has 0 fully saturated rings. The summed E-state index contributed by atoms with van der Waals surface area (Å²) in [5, 5.41) is 3.04. The fraction of sp³-hybridized carbons (Fsp3) is 0.882. The molecule has 0 saturated heterocycles. The third-order valence-corrected chi connectivity index (χ3v) is 16.3. The molecule has 0 rings (SSSR count). The number of unbranched alkanes of at least 4 members (excludes halogenated alkanes) is 42. The molecule has 0 aliphatic heterocycles. The van der Waals surface area contributed by atoms with Gasteiger partial charge in [-0.1, -0.05) is 295 Å². The third kappa shape index (κ3) is 58.9. The van der Waals surface area contributed by atoms with Crippen LogP contribution in [-0.2, 0) is 27.9 Å². The molecule has 9 nitrogen and oxygen atoms in total. The molecule has 3 unspecified atom stereocenters. The summed E-state index contributed by atoms with van der Waals surface area (Å²) < 4.78 is 30.4. The molecule has 1 amide bonds. The number of nitrogens with one attached hydrogen (secondary N) is 1. The largest absolute Gasteiger partial charge is 0.756 e. The number of likely N-dealkylation sites (N-methyl/N-ethyl adjacent to an activating group) is 1. The van der Waals surface area contributed by atoms with Crippen molar-refractivity contribution < 1.29 is 37.3 Å². The van der Waals surface area contributed by atoms with Crippen molar-refractivity contribution in [2.45, 2.75) is 348 Å². The van der Waals surface area contributed by atoms with Gasteiger partial charge in [-0.15, -0.1) is 0 Å². The van der Waals surface area contributed by atoms with E-state index in [9.17, 15) is 19.0 Å². The SMILES string of the molecule is CCCCC/C=C\C/C=C\CCCCCCCCCCCC(=O)OC(/C=C/CCCCCCCCCCCC)C(COP(=O)([O-])OCC[N+](C)(C)C)NC(=O)CCCCCCCCCCCCCCCCCCCCCCC. The maximum atomic E-state index is 13.6. The number of phosphoric acid groups is 1. The zero-order valence-electron chi connectivity index (χ0n) is 52.6. The first-order valence-electron chi connectivity index (χ1n) is 33.8. The number of quaternary nitrogens is 1. The topological polar surface area (TPSA) is 114 Å². The van der Waals surface area contributed by atoms with Gasteiger partial charge in [0.1, 0.15) is 19.3 Å². The Hall–Kier alpha value is -1.77. The Bertz CT molecular complexity index is 1430. The zero-order chi connectivity index (χ0) is 57.2. The standard InChI is InChI=1S/C68H131N2O7P/c1-7-10-13-16-19-22-25-28-30-32-34-35-37-38-40-42-45-48-51-54-57-60-67(71)69-65(64-76-78(73,74)75-63-62-70(4,5)6)66(59-56-53-50-47-44-27-24-21-18-15-12-9-3)77-68(72)61-58-55-52-49-46-43-41-39-36-33-31-29-26-23-20-17-14-11-8-2/h20,23,29,31,56,59,65-66H,7-19,21-22,24-28,30,32-55,57-58,60-64H2,1-6H3,(H-,69,71,73,74)/b23-20-,31-29-,59-56+. The van der Waals surface area contributed by atoms with Gasteiger partial charge in [0.2, 0.25) is 5.91 Å². The van der Waals surface area contributed by atoms with Gasteiger partial charge in [0.15, 0.2) is 0 Å². The average molecular weight is 1120 g/mol. The van der Waals surface area contributed by atoms with Crippen molar-refractivity contribution in [1.82, 2.24) is 5.32 Å². The van der Waals surface area contributed by atoms with E-state index in [2.05, 4.69) is 50.4 Å². The molecule has 0 heterocycles. The number of allylic oxidation sites excluding steroid dienone is 5. The van der Waals surface area contributed by atoms with E-state index in [4.69, 9.17) is 13.8 Å². The number of rotatable bonds is 62. The summed E-state index contributed by atoms with van der Waals surface area (Å²) in [5.41, 5.74) is 0. The van der Waals surface area contributed by atoms with E-state index in [1.807, 2.05) is 33.3 Å². The van der Waals surface area contributed by atoms with Crippen molar-refractivity contribution in [1.29, 1.82) is 0 Å². The van der Waals surface area contributed by atoms with Crippen molar-refractivity contribution in [3.05, 3.63) is 36.5 Å². The van der Waals surface area contributed by atoms with E-state index in [1.54, 1.807) is 0 Å². The van der Waals surface area contributed by atoms with Crippen LogP contribution in [0.2, 0.25) is 0 Å². The van der Waals surface area contributed by atoms with E-state index in [0.717, 1.165) is 64.2 Å². The second kappa shape index (κ2) is 58.4. The van der Waals surface area contributed by atoms with Crippen LogP contribution < -0.4 is 10.2 Å². The van der Waals surface area contributed by atoms with E-state index in [1.165, 1.54) is 238 Å². The number of phosphoric ester groups is 1. The van der Waals surface area contributed by atoms with Gasteiger partial charge in [-0.25, -0.2) is 0 Å². The summed E-state index contributed by atoms with van der Waals surface area (Å²) in [4.78, 5) is 40.1. The quantitative estimate of drug-likeness (QED) is 0.0212. The average Bonchev–Trinajstić information content (AvgIpc) is 3.40. The predicted molar refractivity (Wildman–Crippen MR) is 335 cm³/mol. The van der Waals surface area contributed by atoms with Gasteiger partial charge in [0.05, 0.1) is 33.8 Å². The van der Waals surface area contributed by atoms with Gasteiger partial charge in [-0.3, -0.25) is 14.2 Å². The van der Waals surface area contributed by atoms with E-state index >= 15 is 0 Å². The van der Waals surface area contributed by atoms with Gasteiger partial charge in [0, 0.05) is 12.8 Å². The fourth-order valence-electron chi connectivity index (χ4n) is 10.1.